The highest BCUT2D eigenvalue weighted by Gasteiger charge is 2.23. The number of hydrogen-bond donors (Lipinski definition) is 1. The average Bonchev–Trinajstić information content (AvgIpc) is 2.15. The smallest absolute Gasteiger partial charge is 0.150 e. The lowest BCUT2D eigenvalue weighted by Gasteiger charge is -2.27. The Balaban J connectivity index is 2.25. The van der Waals surface area contributed by atoms with Crippen LogP contribution in [0.4, 0.5) is 0 Å². The zero-order chi connectivity index (χ0) is 11.5. The van der Waals surface area contributed by atoms with Crippen molar-refractivity contribution >= 4 is 9.84 Å². The lowest BCUT2D eigenvalue weighted by Crippen LogP contribution is -2.43. The molecule has 1 rings (SSSR count). The van der Waals surface area contributed by atoms with Crippen LogP contribution in [0, 0.1) is 0 Å². The molecule has 0 aromatic heterocycles. The van der Waals surface area contributed by atoms with E-state index in [2.05, 4.69) is 31.2 Å². The Morgan fingerprint density at radius 3 is 2.33 bits per heavy atom. The minimum absolute atomic E-state index is 0.348. The summed E-state index contributed by atoms with van der Waals surface area (Å²) in [4.78, 5) is 2.16. The van der Waals surface area contributed by atoms with Gasteiger partial charge in [0.1, 0.15) is 9.84 Å². The summed E-state index contributed by atoms with van der Waals surface area (Å²) in [6, 6.07) is 0.874. The Hall–Kier alpha value is -0.130. The summed E-state index contributed by atoms with van der Waals surface area (Å²) in [5.41, 5.74) is 0. The lowest BCUT2D eigenvalue weighted by atomic mass is 10.1. The van der Waals surface area contributed by atoms with Crippen LogP contribution in [0.3, 0.4) is 0 Å². The number of nitrogens with zero attached hydrogens (tertiary/aromatic N) is 1. The molecule has 90 valence electrons. The van der Waals surface area contributed by atoms with Crippen LogP contribution in [-0.4, -0.2) is 57.5 Å². The van der Waals surface area contributed by atoms with Crippen LogP contribution in [0.15, 0.2) is 0 Å². The molecule has 0 aliphatic carbocycles. The highest BCUT2D eigenvalue weighted by Crippen LogP contribution is 2.12. The van der Waals surface area contributed by atoms with Gasteiger partial charge >= 0.3 is 0 Å². The number of hydrogen-bond acceptors (Lipinski definition) is 4. The van der Waals surface area contributed by atoms with Gasteiger partial charge < -0.3 is 10.2 Å². The molecule has 0 saturated carbocycles. The Labute approximate surface area is 93.0 Å². The molecule has 1 atom stereocenters. The van der Waals surface area contributed by atoms with Crippen molar-refractivity contribution in [3.8, 4) is 0 Å². The van der Waals surface area contributed by atoms with Crippen molar-refractivity contribution < 1.29 is 8.42 Å². The monoisotopic (exact) mass is 234 g/mol. The minimum Gasteiger partial charge on any atom is -0.312 e. The molecule has 0 bridgehead atoms. The average molecular weight is 234 g/mol. The first-order valence-corrected chi connectivity index (χ1v) is 7.33. The van der Waals surface area contributed by atoms with Gasteiger partial charge in [0.05, 0.1) is 11.5 Å². The first kappa shape index (κ1) is 12.9. The number of likely N-dealkylation sites (N-methyl/N-ethyl adjacent to an activating group) is 1. The summed E-state index contributed by atoms with van der Waals surface area (Å²) in [5, 5.41) is 3.43. The van der Waals surface area contributed by atoms with E-state index < -0.39 is 9.84 Å². The molecule has 1 aliphatic rings. The molecule has 0 aromatic rings. The first-order valence-electron chi connectivity index (χ1n) is 5.51. The molecule has 1 N–H and O–H groups in total. The quantitative estimate of drug-likeness (QED) is 0.750. The Morgan fingerprint density at radius 1 is 1.33 bits per heavy atom. The van der Waals surface area contributed by atoms with E-state index in [1.165, 1.54) is 0 Å². The molecule has 15 heavy (non-hydrogen) atoms. The van der Waals surface area contributed by atoms with E-state index in [4.69, 9.17) is 0 Å². The first-order chi connectivity index (χ1) is 6.91. The van der Waals surface area contributed by atoms with Crippen molar-refractivity contribution in [2.24, 2.45) is 0 Å². The van der Waals surface area contributed by atoms with E-state index in [1.54, 1.807) is 0 Å². The minimum atomic E-state index is -2.72. The van der Waals surface area contributed by atoms with Crippen LogP contribution in [0.25, 0.3) is 0 Å². The van der Waals surface area contributed by atoms with Crippen LogP contribution in [0.5, 0.6) is 0 Å². The SMILES string of the molecule is CC(CNC1CCS(=O)(=O)CC1)N(C)C. The van der Waals surface area contributed by atoms with Gasteiger partial charge in [-0.1, -0.05) is 0 Å². The van der Waals surface area contributed by atoms with E-state index in [0.717, 1.165) is 19.4 Å². The molecule has 0 radical (unpaired) electrons. The van der Waals surface area contributed by atoms with Gasteiger partial charge in [-0.25, -0.2) is 8.42 Å². The maximum atomic E-state index is 11.2. The van der Waals surface area contributed by atoms with Crippen molar-refractivity contribution in [1.29, 1.82) is 0 Å². The lowest BCUT2D eigenvalue weighted by molar-refractivity contribution is 0.289. The summed E-state index contributed by atoms with van der Waals surface area (Å²) in [6.07, 6.45) is 1.53. The summed E-state index contributed by atoms with van der Waals surface area (Å²) in [5.74, 6) is 0.696. The van der Waals surface area contributed by atoms with Gasteiger partial charge in [-0.15, -0.1) is 0 Å². The fourth-order valence-corrected chi connectivity index (χ4v) is 3.11. The van der Waals surface area contributed by atoms with Gasteiger partial charge in [-0.3, -0.25) is 0 Å². The van der Waals surface area contributed by atoms with Gasteiger partial charge in [0.2, 0.25) is 0 Å². The normalized spacial score (nSPS) is 24.3. The van der Waals surface area contributed by atoms with Crippen molar-refractivity contribution in [1.82, 2.24) is 10.2 Å². The number of rotatable bonds is 4. The van der Waals surface area contributed by atoms with E-state index >= 15 is 0 Å². The molecule has 1 fully saturated rings. The van der Waals surface area contributed by atoms with Gasteiger partial charge in [0.15, 0.2) is 0 Å². The highest BCUT2D eigenvalue weighted by molar-refractivity contribution is 7.91. The maximum absolute atomic E-state index is 11.2. The van der Waals surface area contributed by atoms with Crippen molar-refractivity contribution in [3.05, 3.63) is 0 Å². The third kappa shape index (κ3) is 4.49. The Bertz CT molecular complexity index is 274. The fourth-order valence-electron chi connectivity index (χ4n) is 1.61. The fraction of sp³-hybridized carbons (Fsp3) is 1.00. The predicted octanol–water partition coefficient (Wildman–Crippen LogP) is 0.103. The second kappa shape index (κ2) is 5.27. The predicted molar refractivity (Wildman–Crippen MR) is 62.8 cm³/mol. The van der Waals surface area contributed by atoms with E-state index in [9.17, 15) is 8.42 Å². The van der Waals surface area contributed by atoms with Gasteiger partial charge in [-0.2, -0.15) is 0 Å². The molecule has 4 nitrogen and oxygen atoms in total. The molecular formula is C10H22N2O2S. The Morgan fingerprint density at radius 2 is 1.87 bits per heavy atom. The maximum Gasteiger partial charge on any atom is 0.150 e. The number of nitrogens with one attached hydrogen (secondary N) is 1. The summed E-state index contributed by atoms with van der Waals surface area (Å²) in [6.45, 7) is 3.09. The number of sulfone groups is 1. The third-order valence-corrected chi connectivity index (χ3v) is 4.85. The summed E-state index contributed by atoms with van der Waals surface area (Å²) < 4.78 is 22.4. The third-order valence-electron chi connectivity index (χ3n) is 3.14. The van der Waals surface area contributed by atoms with Crippen LogP contribution in [0.2, 0.25) is 0 Å². The molecule has 1 aliphatic heterocycles. The van der Waals surface area contributed by atoms with E-state index in [0.29, 0.717) is 23.6 Å². The van der Waals surface area contributed by atoms with Gasteiger partial charge in [0.25, 0.3) is 0 Å². The molecule has 0 amide bonds. The topological polar surface area (TPSA) is 49.4 Å². The van der Waals surface area contributed by atoms with E-state index in [1.807, 2.05) is 0 Å². The molecule has 1 heterocycles. The van der Waals surface area contributed by atoms with Crippen molar-refractivity contribution in [3.63, 3.8) is 0 Å². The second-order valence-corrected chi connectivity index (χ2v) is 6.95. The molecule has 1 saturated heterocycles. The zero-order valence-electron chi connectivity index (χ0n) is 9.86. The van der Waals surface area contributed by atoms with Gasteiger partial charge in [0, 0.05) is 18.6 Å². The molecule has 0 aromatic carbocycles. The van der Waals surface area contributed by atoms with Crippen molar-refractivity contribution in [2.45, 2.75) is 31.8 Å². The molecule has 1 unspecified atom stereocenters. The highest BCUT2D eigenvalue weighted by atomic mass is 32.2. The van der Waals surface area contributed by atoms with Crippen LogP contribution >= 0.6 is 0 Å². The van der Waals surface area contributed by atoms with Crippen molar-refractivity contribution in [2.75, 3.05) is 32.1 Å². The van der Waals surface area contributed by atoms with Crippen LogP contribution < -0.4 is 5.32 Å². The standard InChI is InChI=1S/C10H22N2O2S/c1-9(12(2)3)8-11-10-4-6-15(13,14)7-5-10/h9-11H,4-8H2,1-3H3. The Kier molecular flexibility index (Phi) is 4.55. The van der Waals surface area contributed by atoms with E-state index in [-0.39, 0.29) is 0 Å². The second-order valence-electron chi connectivity index (χ2n) is 4.65. The summed E-state index contributed by atoms with van der Waals surface area (Å²) in [7, 11) is 1.39. The largest absolute Gasteiger partial charge is 0.312 e. The van der Waals surface area contributed by atoms with Crippen LogP contribution in [0.1, 0.15) is 19.8 Å². The zero-order valence-corrected chi connectivity index (χ0v) is 10.7. The van der Waals surface area contributed by atoms with Gasteiger partial charge in [-0.05, 0) is 33.9 Å². The van der Waals surface area contributed by atoms with Crippen LogP contribution in [-0.2, 0) is 9.84 Å². The molecule has 0 spiro atoms. The molecular weight excluding hydrogens is 212 g/mol. The summed E-state index contributed by atoms with van der Waals surface area (Å²) >= 11 is 0. The molecule has 5 heteroatoms.